The first-order chi connectivity index (χ1) is 16.8. The summed E-state index contributed by atoms with van der Waals surface area (Å²) in [7, 11) is 0. The van der Waals surface area contributed by atoms with Crippen LogP contribution in [-0.4, -0.2) is 14.0 Å². The van der Waals surface area contributed by atoms with Crippen LogP contribution in [0.25, 0.3) is 22.2 Å². The fourth-order valence-electron chi connectivity index (χ4n) is 4.32. The summed E-state index contributed by atoms with van der Waals surface area (Å²) in [6, 6.07) is 34.9. The van der Waals surface area contributed by atoms with E-state index in [4.69, 9.17) is 9.98 Å². The molecule has 4 nitrogen and oxygen atoms in total. The molecule has 0 bridgehead atoms. The van der Waals surface area contributed by atoms with Gasteiger partial charge in [0.05, 0.1) is 11.2 Å². The zero-order valence-corrected chi connectivity index (χ0v) is 18.3. The molecule has 5 heteroatoms. The maximum atomic E-state index is 13.5. The van der Waals surface area contributed by atoms with Gasteiger partial charge in [-0.05, 0) is 54.1 Å². The molecular weight excluding hydrogens is 423 g/mol. The fourth-order valence-corrected chi connectivity index (χ4v) is 4.32. The standard InChI is InChI=1S/C29H21FN4/c30-22-15-17-23(18-16-22)31-29-32-27-14-8-7-13-26(27)28-33(24-11-5-2-6-12-24)20-25(34(28)29)19-21-9-3-1-4-10-21/h1-18,20H,19H2. The highest BCUT2D eigenvalue weighted by atomic mass is 19.1. The van der Waals surface area contributed by atoms with Crippen LogP contribution in [0.1, 0.15) is 11.3 Å². The van der Waals surface area contributed by atoms with Gasteiger partial charge in [0.2, 0.25) is 5.62 Å². The van der Waals surface area contributed by atoms with Gasteiger partial charge in [-0.1, -0.05) is 60.7 Å². The molecule has 0 amide bonds. The Balaban J connectivity index is 1.72. The molecule has 0 aliphatic carbocycles. The van der Waals surface area contributed by atoms with E-state index < -0.39 is 0 Å². The van der Waals surface area contributed by atoms with Crippen molar-refractivity contribution in [2.45, 2.75) is 6.42 Å². The summed E-state index contributed by atoms with van der Waals surface area (Å²) in [5.41, 5.74) is 6.36. The summed E-state index contributed by atoms with van der Waals surface area (Å²) in [5.74, 6) is -0.289. The second-order valence-corrected chi connectivity index (χ2v) is 8.16. The third-order valence-corrected chi connectivity index (χ3v) is 5.89. The minimum absolute atomic E-state index is 0.289. The predicted octanol–water partition coefficient (Wildman–Crippen LogP) is 6.24. The number of fused-ring (bicyclic) bond motifs is 3. The normalized spacial score (nSPS) is 12.0. The van der Waals surface area contributed by atoms with E-state index in [1.165, 1.54) is 17.7 Å². The Bertz CT molecular complexity index is 1670. The molecular formula is C29H21FN4. The highest BCUT2D eigenvalue weighted by molar-refractivity contribution is 5.92. The van der Waals surface area contributed by atoms with E-state index in [-0.39, 0.29) is 5.82 Å². The molecule has 6 rings (SSSR count). The van der Waals surface area contributed by atoms with Crippen LogP contribution in [0, 0.1) is 5.82 Å². The average Bonchev–Trinajstić information content (AvgIpc) is 3.26. The molecule has 164 valence electrons. The van der Waals surface area contributed by atoms with Crippen molar-refractivity contribution in [1.82, 2.24) is 14.0 Å². The zero-order chi connectivity index (χ0) is 22.9. The van der Waals surface area contributed by atoms with E-state index in [0.717, 1.165) is 27.9 Å². The minimum atomic E-state index is -0.289. The average molecular weight is 445 g/mol. The van der Waals surface area contributed by atoms with Crippen LogP contribution >= 0.6 is 0 Å². The van der Waals surface area contributed by atoms with E-state index in [0.29, 0.717) is 17.7 Å². The Kier molecular flexibility index (Phi) is 5.00. The van der Waals surface area contributed by atoms with Gasteiger partial charge in [0.15, 0.2) is 0 Å². The molecule has 0 atom stereocenters. The molecule has 0 aliphatic heterocycles. The summed E-state index contributed by atoms with van der Waals surface area (Å²) in [6.45, 7) is 0. The third-order valence-electron chi connectivity index (χ3n) is 5.89. The summed E-state index contributed by atoms with van der Waals surface area (Å²) in [5, 5.41) is 1.03. The van der Waals surface area contributed by atoms with Crippen LogP contribution in [0.15, 0.2) is 120 Å². The minimum Gasteiger partial charge on any atom is -0.301 e. The number of halogens is 1. The van der Waals surface area contributed by atoms with Crippen molar-refractivity contribution in [3.05, 3.63) is 138 Å². The van der Waals surface area contributed by atoms with Crippen LogP contribution in [0.4, 0.5) is 10.1 Å². The first-order valence-corrected chi connectivity index (χ1v) is 11.2. The lowest BCUT2D eigenvalue weighted by Gasteiger charge is -2.09. The second-order valence-electron chi connectivity index (χ2n) is 8.16. The Morgan fingerprint density at radius 2 is 1.41 bits per heavy atom. The summed E-state index contributed by atoms with van der Waals surface area (Å²) < 4.78 is 17.8. The van der Waals surface area contributed by atoms with Crippen molar-refractivity contribution in [2.75, 3.05) is 0 Å². The number of hydrogen-bond acceptors (Lipinski definition) is 2. The molecule has 0 radical (unpaired) electrons. The van der Waals surface area contributed by atoms with Crippen LogP contribution in [0.2, 0.25) is 0 Å². The quantitative estimate of drug-likeness (QED) is 0.317. The topological polar surface area (TPSA) is 34.6 Å². The van der Waals surface area contributed by atoms with E-state index in [1.54, 1.807) is 12.1 Å². The summed E-state index contributed by atoms with van der Waals surface area (Å²) >= 11 is 0. The van der Waals surface area contributed by atoms with E-state index in [2.05, 4.69) is 45.5 Å². The number of nitrogens with zero attached hydrogens (tertiary/aromatic N) is 4. The molecule has 2 aromatic heterocycles. The van der Waals surface area contributed by atoms with Crippen molar-refractivity contribution in [2.24, 2.45) is 4.99 Å². The van der Waals surface area contributed by atoms with Gasteiger partial charge in [0.25, 0.3) is 0 Å². The smallest absolute Gasteiger partial charge is 0.236 e. The lowest BCUT2D eigenvalue weighted by molar-refractivity contribution is 0.628. The SMILES string of the molecule is Fc1ccc(N=c2nc3ccccc3c3n(-c4ccccc4)cc(Cc4ccccc4)n23)cc1. The molecule has 0 aliphatic rings. The highest BCUT2D eigenvalue weighted by Crippen LogP contribution is 2.24. The van der Waals surface area contributed by atoms with E-state index in [1.807, 2.05) is 54.6 Å². The van der Waals surface area contributed by atoms with Crippen LogP contribution in [-0.2, 0) is 6.42 Å². The molecule has 0 fully saturated rings. The van der Waals surface area contributed by atoms with Gasteiger partial charge in [-0.25, -0.2) is 14.4 Å². The third kappa shape index (κ3) is 3.67. The number of aromatic nitrogens is 3. The lowest BCUT2D eigenvalue weighted by atomic mass is 10.1. The Morgan fingerprint density at radius 1 is 0.735 bits per heavy atom. The van der Waals surface area contributed by atoms with Gasteiger partial charge in [-0.3, -0.25) is 4.40 Å². The molecule has 0 unspecified atom stereocenters. The van der Waals surface area contributed by atoms with Gasteiger partial charge in [-0.2, -0.15) is 0 Å². The van der Waals surface area contributed by atoms with Crippen LogP contribution < -0.4 is 5.62 Å². The molecule has 2 heterocycles. The number of rotatable bonds is 4. The Morgan fingerprint density at radius 3 is 2.18 bits per heavy atom. The van der Waals surface area contributed by atoms with E-state index in [9.17, 15) is 4.39 Å². The Labute approximate surface area is 195 Å². The molecule has 0 saturated heterocycles. The van der Waals surface area contributed by atoms with Gasteiger partial charge < -0.3 is 4.57 Å². The van der Waals surface area contributed by atoms with Crippen molar-refractivity contribution >= 4 is 22.2 Å². The fraction of sp³-hybridized carbons (Fsp3) is 0.0345. The molecule has 0 saturated carbocycles. The second kappa shape index (κ2) is 8.45. The van der Waals surface area contributed by atoms with Crippen LogP contribution in [0.3, 0.4) is 0 Å². The van der Waals surface area contributed by atoms with Crippen LogP contribution in [0.5, 0.6) is 0 Å². The molecule has 0 N–H and O–H groups in total. The first kappa shape index (κ1) is 20.1. The highest BCUT2D eigenvalue weighted by Gasteiger charge is 2.16. The molecule has 6 aromatic rings. The van der Waals surface area contributed by atoms with E-state index >= 15 is 0 Å². The summed E-state index contributed by atoms with van der Waals surface area (Å²) in [4.78, 5) is 9.76. The number of para-hydroxylation sites is 2. The maximum absolute atomic E-state index is 13.5. The van der Waals surface area contributed by atoms with Gasteiger partial charge >= 0.3 is 0 Å². The number of benzene rings is 4. The maximum Gasteiger partial charge on any atom is 0.236 e. The Hall–Kier alpha value is -4.51. The first-order valence-electron chi connectivity index (χ1n) is 11.2. The predicted molar refractivity (Wildman–Crippen MR) is 133 cm³/mol. The zero-order valence-electron chi connectivity index (χ0n) is 18.3. The van der Waals surface area contributed by atoms with Gasteiger partial charge in [0.1, 0.15) is 11.5 Å². The van der Waals surface area contributed by atoms with Gasteiger partial charge in [-0.15, -0.1) is 0 Å². The van der Waals surface area contributed by atoms with Crippen molar-refractivity contribution < 1.29 is 4.39 Å². The monoisotopic (exact) mass is 444 g/mol. The van der Waals surface area contributed by atoms with Crippen molar-refractivity contribution in [3.63, 3.8) is 0 Å². The van der Waals surface area contributed by atoms with Crippen molar-refractivity contribution in [3.8, 4) is 5.69 Å². The van der Waals surface area contributed by atoms with Crippen molar-refractivity contribution in [1.29, 1.82) is 0 Å². The summed E-state index contributed by atoms with van der Waals surface area (Å²) in [6.07, 6.45) is 2.88. The molecule has 4 aromatic carbocycles. The lowest BCUT2D eigenvalue weighted by Crippen LogP contribution is -2.20. The number of imidazole rings is 1. The largest absolute Gasteiger partial charge is 0.301 e. The van der Waals surface area contributed by atoms with Gasteiger partial charge in [0, 0.05) is 29.4 Å². The molecule has 34 heavy (non-hydrogen) atoms. The molecule has 0 spiro atoms. The number of hydrogen-bond donors (Lipinski definition) is 0.